The minimum atomic E-state index is -3.46. The van der Waals surface area contributed by atoms with Gasteiger partial charge in [0.2, 0.25) is 10.0 Å². The summed E-state index contributed by atoms with van der Waals surface area (Å²) in [5.74, 6) is 0.950. The van der Waals surface area contributed by atoms with Crippen molar-refractivity contribution in [2.24, 2.45) is 0 Å². The first-order valence-electron chi connectivity index (χ1n) is 8.36. The predicted octanol–water partition coefficient (Wildman–Crippen LogP) is 3.32. The van der Waals surface area contributed by atoms with Crippen molar-refractivity contribution in [1.82, 2.24) is 4.31 Å². The molecule has 0 atom stereocenters. The van der Waals surface area contributed by atoms with Crippen molar-refractivity contribution in [2.75, 3.05) is 18.4 Å². The number of aryl methyl sites for hydroxylation is 2. The Morgan fingerprint density at radius 2 is 1.72 bits per heavy atom. The Kier molecular flexibility index (Phi) is 4.96. The first kappa shape index (κ1) is 17.7. The van der Waals surface area contributed by atoms with Gasteiger partial charge in [-0.3, -0.25) is 4.79 Å². The number of furan rings is 1. The number of piperidine rings is 1. The fourth-order valence-corrected chi connectivity index (χ4v) is 4.54. The van der Waals surface area contributed by atoms with E-state index in [0.717, 1.165) is 19.3 Å². The van der Waals surface area contributed by atoms with E-state index in [4.69, 9.17) is 4.42 Å². The molecule has 6 nitrogen and oxygen atoms in total. The molecule has 2 aromatic rings. The molecule has 1 aliphatic rings. The molecule has 2 heterocycles. The average molecular weight is 362 g/mol. The van der Waals surface area contributed by atoms with E-state index in [1.807, 2.05) is 0 Å². The molecule has 0 radical (unpaired) electrons. The van der Waals surface area contributed by atoms with E-state index in [1.54, 1.807) is 32.0 Å². The maximum absolute atomic E-state index is 12.6. The van der Waals surface area contributed by atoms with Gasteiger partial charge in [-0.15, -0.1) is 0 Å². The Bertz CT molecular complexity index is 863. The van der Waals surface area contributed by atoms with Gasteiger partial charge in [-0.25, -0.2) is 8.42 Å². The number of carbonyl (C=O) groups excluding carboxylic acids is 1. The van der Waals surface area contributed by atoms with Crippen LogP contribution in [0.2, 0.25) is 0 Å². The SMILES string of the molecule is Cc1cc(C(=O)Nc2ccc(S(=O)(=O)N3CCCCC3)cc2)c(C)o1. The Balaban J connectivity index is 1.74. The Hall–Kier alpha value is -2.12. The molecule has 0 spiro atoms. The van der Waals surface area contributed by atoms with Gasteiger partial charge in [0, 0.05) is 18.8 Å². The van der Waals surface area contributed by atoms with Crippen LogP contribution in [-0.2, 0) is 10.0 Å². The highest BCUT2D eigenvalue weighted by atomic mass is 32.2. The van der Waals surface area contributed by atoms with Crippen molar-refractivity contribution in [3.05, 3.63) is 47.4 Å². The van der Waals surface area contributed by atoms with Crippen molar-refractivity contribution in [3.63, 3.8) is 0 Å². The van der Waals surface area contributed by atoms with Crippen LogP contribution in [-0.4, -0.2) is 31.7 Å². The zero-order valence-corrected chi connectivity index (χ0v) is 15.2. The number of nitrogens with one attached hydrogen (secondary N) is 1. The van der Waals surface area contributed by atoms with Crippen LogP contribution in [0.4, 0.5) is 5.69 Å². The quantitative estimate of drug-likeness (QED) is 0.905. The van der Waals surface area contributed by atoms with Crippen molar-refractivity contribution >= 4 is 21.6 Å². The van der Waals surface area contributed by atoms with Gasteiger partial charge in [-0.05, 0) is 57.0 Å². The maximum atomic E-state index is 12.6. The molecule has 1 N–H and O–H groups in total. The number of sulfonamides is 1. The highest BCUT2D eigenvalue weighted by Gasteiger charge is 2.25. The number of rotatable bonds is 4. The lowest BCUT2D eigenvalue weighted by atomic mass is 10.2. The minimum Gasteiger partial charge on any atom is -0.466 e. The summed E-state index contributed by atoms with van der Waals surface area (Å²) in [6, 6.07) is 7.97. The summed E-state index contributed by atoms with van der Waals surface area (Å²) in [5, 5.41) is 2.76. The summed E-state index contributed by atoms with van der Waals surface area (Å²) in [6.07, 6.45) is 2.87. The van der Waals surface area contributed by atoms with Crippen LogP contribution in [0.15, 0.2) is 39.6 Å². The Morgan fingerprint density at radius 3 is 2.28 bits per heavy atom. The summed E-state index contributed by atoms with van der Waals surface area (Å²) >= 11 is 0. The highest BCUT2D eigenvalue weighted by Crippen LogP contribution is 2.22. The monoisotopic (exact) mass is 362 g/mol. The lowest BCUT2D eigenvalue weighted by molar-refractivity contribution is 0.102. The lowest BCUT2D eigenvalue weighted by Gasteiger charge is -2.25. The number of anilines is 1. The van der Waals surface area contributed by atoms with Crippen LogP contribution in [0.1, 0.15) is 41.1 Å². The third-order valence-electron chi connectivity index (χ3n) is 4.35. The van der Waals surface area contributed by atoms with Gasteiger partial charge >= 0.3 is 0 Å². The van der Waals surface area contributed by atoms with Crippen molar-refractivity contribution in [2.45, 2.75) is 38.0 Å². The number of benzene rings is 1. The first-order valence-corrected chi connectivity index (χ1v) is 9.80. The van der Waals surface area contributed by atoms with Gasteiger partial charge in [0.05, 0.1) is 10.5 Å². The molecular weight excluding hydrogens is 340 g/mol. The fraction of sp³-hybridized carbons (Fsp3) is 0.389. The van der Waals surface area contributed by atoms with Crippen molar-refractivity contribution in [1.29, 1.82) is 0 Å². The van der Waals surface area contributed by atoms with Gasteiger partial charge in [-0.1, -0.05) is 6.42 Å². The standard InChI is InChI=1S/C18H22N2O4S/c1-13-12-17(14(2)24-13)18(21)19-15-6-8-16(9-7-15)25(22,23)20-10-4-3-5-11-20/h6-9,12H,3-5,10-11H2,1-2H3,(H,19,21). The number of amides is 1. The Morgan fingerprint density at radius 1 is 1.08 bits per heavy atom. The van der Waals surface area contributed by atoms with E-state index >= 15 is 0 Å². The van der Waals surface area contributed by atoms with E-state index in [0.29, 0.717) is 35.9 Å². The average Bonchev–Trinajstić information content (AvgIpc) is 2.94. The van der Waals surface area contributed by atoms with Gasteiger partial charge in [0.25, 0.3) is 5.91 Å². The third kappa shape index (κ3) is 3.77. The third-order valence-corrected chi connectivity index (χ3v) is 6.26. The Labute approximate surface area is 147 Å². The molecule has 1 aromatic carbocycles. The summed E-state index contributed by atoms with van der Waals surface area (Å²) < 4.78 is 32.1. The number of nitrogens with zero attached hydrogens (tertiary/aromatic N) is 1. The second-order valence-corrected chi connectivity index (χ2v) is 8.21. The summed E-state index contributed by atoms with van der Waals surface area (Å²) in [6.45, 7) is 4.65. The van der Waals surface area contributed by atoms with Crippen molar-refractivity contribution in [3.8, 4) is 0 Å². The van der Waals surface area contributed by atoms with Crippen molar-refractivity contribution < 1.29 is 17.6 Å². The van der Waals surface area contributed by atoms with Crippen LogP contribution in [0.5, 0.6) is 0 Å². The molecule has 0 saturated carbocycles. The van der Waals surface area contributed by atoms with Gasteiger partial charge in [0.1, 0.15) is 11.5 Å². The smallest absolute Gasteiger partial charge is 0.259 e. The molecule has 1 aliphatic heterocycles. The molecule has 1 aromatic heterocycles. The van der Waals surface area contributed by atoms with E-state index in [9.17, 15) is 13.2 Å². The molecule has 1 saturated heterocycles. The summed E-state index contributed by atoms with van der Waals surface area (Å²) in [7, 11) is -3.46. The number of hydrogen-bond acceptors (Lipinski definition) is 4. The molecule has 0 unspecified atom stereocenters. The second-order valence-electron chi connectivity index (χ2n) is 6.27. The van der Waals surface area contributed by atoms with E-state index < -0.39 is 10.0 Å². The zero-order valence-electron chi connectivity index (χ0n) is 14.4. The second kappa shape index (κ2) is 7.01. The predicted molar refractivity (Wildman–Crippen MR) is 95.2 cm³/mol. The minimum absolute atomic E-state index is 0.253. The molecule has 25 heavy (non-hydrogen) atoms. The van der Waals surface area contributed by atoms with Crippen LogP contribution < -0.4 is 5.32 Å². The van der Waals surface area contributed by atoms with E-state index in [2.05, 4.69) is 5.32 Å². The van der Waals surface area contributed by atoms with Crippen LogP contribution in [0.3, 0.4) is 0 Å². The molecule has 0 bridgehead atoms. The fourth-order valence-electron chi connectivity index (χ4n) is 3.02. The molecule has 1 amide bonds. The van der Waals surface area contributed by atoms with E-state index in [1.165, 1.54) is 16.4 Å². The summed E-state index contributed by atoms with van der Waals surface area (Å²) in [5.41, 5.74) is 1.02. The molecular formula is C18H22N2O4S. The van der Waals surface area contributed by atoms with Crippen LogP contribution in [0.25, 0.3) is 0 Å². The number of hydrogen-bond donors (Lipinski definition) is 1. The molecule has 1 fully saturated rings. The number of carbonyl (C=O) groups is 1. The highest BCUT2D eigenvalue weighted by molar-refractivity contribution is 7.89. The normalized spacial score (nSPS) is 15.9. The zero-order chi connectivity index (χ0) is 18.0. The topological polar surface area (TPSA) is 79.6 Å². The van der Waals surface area contributed by atoms with Gasteiger partial charge in [0.15, 0.2) is 0 Å². The van der Waals surface area contributed by atoms with Crippen LogP contribution >= 0.6 is 0 Å². The van der Waals surface area contributed by atoms with Gasteiger partial charge in [-0.2, -0.15) is 4.31 Å². The van der Waals surface area contributed by atoms with E-state index in [-0.39, 0.29) is 10.8 Å². The maximum Gasteiger partial charge on any atom is 0.259 e. The summed E-state index contributed by atoms with van der Waals surface area (Å²) in [4.78, 5) is 12.5. The molecule has 3 rings (SSSR count). The lowest BCUT2D eigenvalue weighted by Crippen LogP contribution is -2.35. The molecule has 7 heteroatoms. The van der Waals surface area contributed by atoms with Gasteiger partial charge < -0.3 is 9.73 Å². The first-order chi connectivity index (χ1) is 11.9. The molecule has 134 valence electrons. The largest absolute Gasteiger partial charge is 0.466 e. The molecule has 0 aliphatic carbocycles. The van der Waals surface area contributed by atoms with Crippen LogP contribution in [0, 0.1) is 13.8 Å².